The van der Waals surface area contributed by atoms with E-state index < -0.39 is 34.7 Å². The highest BCUT2D eigenvalue weighted by Gasteiger charge is 2.42. The molecule has 1 N–H and O–H groups in total. The third-order valence-corrected chi connectivity index (χ3v) is 6.33. The molecule has 2 fully saturated rings. The minimum absolute atomic E-state index is 0.0255. The highest BCUT2D eigenvalue weighted by atomic mass is 35.5. The molecule has 3 heterocycles. The van der Waals surface area contributed by atoms with Crippen LogP contribution in [0.25, 0.3) is 5.65 Å². The summed E-state index contributed by atoms with van der Waals surface area (Å²) in [6.07, 6.45) is -6.15. The number of fused-ring (bicyclic) bond motifs is 1. The molecule has 188 valence electrons. The van der Waals surface area contributed by atoms with E-state index in [0.717, 1.165) is 31.7 Å². The van der Waals surface area contributed by atoms with Crippen molar-refractivity contribution in [3.8, 4) is 0 Å². The summed E-state index contributed by atoms with van der Waals surface area (Å²) in [5.74, 6) is -0.814. The van der Waals surface area contributed by atoms with E-state index in [1.54, 1.807) is 0 Å². The zero-order valence-electron chi connectivity index (χ0n) is 18.0. The highest BCUT2D eigenvalue weighted by Crippen LogP contribution is 2.47. The number of amides is 1. The van der Waals surface area contributed by atoms with Gasteiger partial charge in [-0.25, -0.2) is 9.50 Å². The Balaban J connectivity index is 1.27. The lowest BCUT2D eigenvalue weighted by atomic mass is 10.2. The molecule has 0 aliphatic heterocycles. The number of nitrogens with one attached hydrogen (secondary N) is 1. The lowest BCUT2D eigenvalue weighted by Gasteiger charge is -2.10. The Morgan fingerprint density at radius 1 is 1.03 bits per heavy atom. The number of carbonyl (C=O) groups is 1. The lowest BCUT2D eigenvalue weighted by Crippen LogP contribution is -2.26. The fraction of sp³-hybridized carbons (Fsp3) is 0.524. The molecule has 2 aliphatic rings. The van der Waals surface area contributed by atoms with Crippen molar-refractivity contribution in [3.05, 3.63) is 45.6 Å². The average molecular weight is 521 g/mol. The van der Waals surface area contributed by atoms with Crippen molar-refractivity contribution in [2.24, 2.45) is 0 Å². The van der Waals surface area contributed by atoms with E-state index in [1.807, 2.05) is 0 Å². The first kappa shape index (κ1) is 23.9. The molecule has 0 bridgehead atoms. The van der Waals surface area contributed by atoms with Crippen LogP contribution in [0.5, 0.6) is 0 Å². The van der Waals surface area contributed by atoms with Crippen LogP contribution >= 0.6 is 11.6 Å². The predicted molar refractivity (Wildman–Crippen MR) is 111 cm³/mol. The molecule has 2 saturated carbocycles. The van der Waals surface area contributed by atoms with Gasteiger partial charge in [-0.15, -0.1) is 0 Å². The molecule has 0 atom stereocenters. The highest BCUT2D eigenvalue weighted by molar-refractivity contribution is 6.32. The summed E-state index contributed by atoms with van der Waals surface area (Å²) in [6, 6.07) is 2.14. The second kappa shape index (κ2) is 8.38. The molecule has 5 rings (SSSR count). The Kier molecular flexibility index (Phi) is 5.72. The van der Waals surface area contributed by atoms with Crippen molar-refractivity contribution < 1.29 is 31.1 Å². The maximum Gasteiger partial charge on any atom is 0.436 e. The average Bonchev–Trinajstić information content (AvgIpc) is 3.69. The maximum absolute atomic E-state index is 13.5. The molecule has 3 aromatic heterocycles. The smallest absolute Gasteiger partial charge is 0.351 e. The number of aromatic nitrogens is 5. The minimum atomic E-state index is -4.68. The second-order valence-electron chi connectivity index (χ2n) is 8.79. The Labute approximate surface area is 199 Å². The third-order valence-electron chi connectivity index (χ3n) is 5.96. The van der Waals surface area contributed by atoms with Crippen LogP contribution in [-0.4, -0.2) is 36.8 Å². The molecule has 3 aromatic rings. The van der Waals surface area contributed by atoms with Gasteiger partial charge in [0.2, 0.25) is 0 Å². The molecule has 2 aliphatic carbocycles. The number of hydrogen-bond acceptors (Lipinski definition) is 4. The van der Waals surface area contributed by atoms with Crippen LogP contribution < -0.4 is 5.32 Å². The quantitative estimate of drug-likeness (QED) is 0.343. The third kappa shape index (κ3) is 4.82. The number of hydrogen-bond donors (Lipinski definition) is 1. The van der Waals surface area contributed by atoms with E-state index in [0.29, 0.717) is 15.9 Å². The molecule has 1 amide bonds. The summed E-state index contributed by atoms with van der Waals surface area (Å²) in [6.45, 7) is 0.125. The summed E-state index contributed by atoms with van der Waals surface area (Å²) in [7, 11) is 0. The van der Waals surface area contributed by atoms with Gasteiger partial charge < -0.3 is 5.32 Å². The first-order chi connectivity index (χ1) is 16.4. The summed E-state index contributed by atoms with van der Waals surface area (Å²) < 4.78 is 81.9. The van der Waals surface area contributed by atoms with Gasteiger partial charge in [0.15, 0.2) is 17.0 Å². The van der Waals surface area contributed by atoms with Gasteiger partial charge >= 0.3 is 12.4 Å². The van der Waals surface area contributed by atoms with Gasteiger partial charge in [0.25, 0.3) is 5.91 Å². The van der Waals surface area contributed by atoms with Crippen molar-refractivity contribution in [3.63, 3.8) is 0 Å². The zero-order chi connectivity index (χ0) is 25.1. The molecule has 0 aromatic carbocycles. The summed E-state index contributed by atoms with van der Waals surface area (Å²) in [5, 5.41) is 9.55. The maximum atomic E-state index is 13.5. The van der Waals surface area contributed by atoms with Gasteiger partial charge in [-0.3, -0.25) is 9.48 Å². The van der Waals surface area contributed by atoms with Crippen LogP contribution in [0.15, 0.2) is 12.1 Å². The second-order valence-corrected chi connectivity index (χ2v) is 9.17. The molecule has 7 nitrogen and oxygen atoms in total. The molecular formula is C21H19ClF6N6O. The van der Waals surface area contributed by atoms with E-state index in [1.165, 1.54) is 10.7 Å². The number of halogens is 7. The fourth-order valence-electron chi connectivity index (χ4n) is 3.97. The number of carbonyl (C=O) groups excluding carboxylic acids is 1. The van der Waals surface area contributed by atoms with E-state index in [-0.39, 0.29) is 42.7 Å². The van der Waals surface area contributed by atoms with Crippen LogP contribution in [0.1, 0.15) is 77.2 Å². The van der Waals surface area contributed by atoms with Crippen LogP contribution in [0.4, 0.5) is 26.3 Å². The van der Waals surface area contributed by atoms with Crippen LogP contribution in [0.2, 0.25) is 5.02 Å². The van der Waals surface area contributed by atoms with E-state index >= 15 is 0 Å². The topological polar surface area (TPSA) is 77.1 Å². The largest absolute Gasteiger partial charge is 0.436 e. The van der Waals surface area contributed by atoms with Crippen LogP contribution in [0.3, 0.4) is 0 Å². The van der Waals surface area contributed by atoms with Crippen molar-refractivity contribution in [2.75, 3.05) is 6.54 Å². The molecule has 0 saturated heterocycles. The molecule has 0 unspecified atom stereocenters. The van der Waals surface area contributed by atoms with Gasteiger partial charge in [-0.05, 0) is 38.2 Å². The van der Waals surface area contributed by atoms with Crippen molar-refractivity contribution in [1.29, 1.82) is 0 Å². The van der Waals surface area contributed by atoms with Gasteiger partial charge in [0.05, 0.1) is 10.7 Å². The van der Waals surface area contributed by atoms with E-state index in [4.69, 9.17) is 11.6 Å². The first-order valence-corrected chi connectivity index (χ1v) is 11.4. The van der Waals surface area contributed by atoms with Crippen LogP contribution in [-0.2, 0) is 18.9 Å². The monoisotopic (exact) mass is 520 g/mol. The molecular weight excluding hydrogens is 502 g/mol. The Hall–Kier alpha value is -2.83. The standard InChI is InChI=1S/C21H19ClF6N6O/c22-16-17(11-4-5-11)33(32-18(16)21(26,27)28)7-1-6-29-19(35)13-9-15-30-12(10-2-3-10)8-14(20(23,24)25)34(15)31-13/h8-11H,1-7H2,(H,29,35). The van der Waals surface area contributed by atoms with Crippen molar-refractivity contribution in [2.45, 2.75) is 62.8 Å². The zero-order valence-corrected chi connectivity index (χ0v) is 18.8. The minimum Gasteiger partial charge on any atom is -0.351 e. The van der Waals surface area contributed by atoms with Crippen molar-refractivity contribution >= 4 is 23.2 Å². The summed E-state index contributed by atoms with van der Waals surface area (Å²) >= 11 is 5.94. The summed E-state index contributed by atoms with van der Waals surface area (Å²) in [5.41, 5.74) is -1.80. The summed E-state index contributed by atoms with van der Waals surface area (Å²) in [4.78, 5) is 16.7. The fourth-order valence-corrected chi connectivity index (χ4v) is 4.36. The Bertz CT molecular complexity index is 1290. The predicted octanol–water partition coefficient (Wildman–Crippen LogP) is 5.19. The molecule has 0 radical (unpaired) electrons. The van der Waals surface area contributed by atoms with Gasteiger partial charge in [0.1, 0.15) is 5.69 Å². The SMILES string of the molecule is O=C(NCCCn1nc(C(F)(F)F)c(Cl)c1C1CC1)c1cc2nc(C3CC3)cc(C(F)(F)F)n2n1. The molecule has 35 heavy (non-hydrogen) atoms. The number of nitrogens with zero attached hydrogens (tertiary/aromatic N) is 5. The molecule has 0 spiro atoms. The first-order valence-electron chi connectivity index (χ1n) is 11.0. The number of aryl methyl sites for hydroxylation is 1. The number of alkyl halides is 6. The van der Waals surface area contributed by atoms with Gasteiger partial charge in [-0.1, -0.05) is 11.6 Å². The van der Waals surface area contributed by atoms with Gasteiger partial charge in [0, 0.05) is 36.7 Å². The van der Waals surface area contributed by atoms with E-state index in [9.17, 15) is 31.1 Å². The lowest BCUT2D eigenvalue weighted by molar-refractivity contribution is -0.143. The van der Waals surface area contributed by atoms with Crippen LogP contribution in [0, 0.1) is 0 Å². The van der Waals surface area contributed by atoms with Crippen molar-refractivity contribution in [1.82, 2.24) is 29.7 Å². The Morgan fingerprint density at radius 2 is 1.71 bits per heavy atom. The van der Waals surface area contributed by atoms with E-state index in [2.05, 4.69) is 20.5 Å². The molecule has 14 heteroatoms. The van der Waals surface area contributed by atoms with Gasteiger partial charge in [-0.2, -0.15) is 36.5 Å². The Morgan fingerprint density at radius 3 is 2.31 bits per heavy atom. The number of rotatable bonds is 7. The normalized spacial score (nSPS) is 16.8.